The van der Waals surface area contributed by atoms with Gasteiger partial charge >= 0.3 is 6.01 Å². The highest BCUT2D eigenvalue weighted by atomic mass is 35.5. The van der Waals surface area contributed by atoms with E-state index in [1.165, 1.54) is 0 Å². The van der Waals surface area contributed by atoms with Gasteiger partial charge in [-0.1, -0.05) is 16.7 Å². The van der Waals surface area contributed by atoms with Crippen LogP contribution in [0.25, 0.3) is 0 Å². The van der Waals surface area contributed by atoms with Crippen molar-refractivity contribution in [2.75, 3.05) is 12.4 Å². The number of methoxy groups -OCH3 is 1. The van der Waals surface area contributed by atoms with E-state index in [4.69, 9.17) is 32.4 Å². The van der Waals surface area contributed by atoms with E-state index in [0.29, 0.717) is 22.4 Å². The van der Waals surface area contributed by atoms with E-state index >= 15 is 0 Å². The maximum atomic E-state index is 6.04. The molecule has 0 fully saturated rings. The highest BCUT2D eigenvalue weighted by molar-refractivity contribution is 6.33. The maximum Gasteiger partial charge on any atom is 0.320 e. The molecule has 1 unspecified atom stereocenters. The summed E-state index contributed by atoms with van der Waals surface area (Å²) in [6.45, 7) is 1.75. The monoisotopic (exact) mass is 287 g/mol. The molecule has 1 N–H and O–H groups in total. The van der Waals surface area contributed by atoms with Crippen LogP contribution < -0.4 is 10.1 Å². The van der Waals surface area contributed by atoms with Crippen LogP contribution in [0.2, 0.25) is 5.02 Å². The SMILES string of the molecule is COc1ccc(Cl)c(Nc2nnc(C(C)Cl)o2)c1. The van der Waals surface area contributed by atoms with Crippen molar-refractivity contribution in [3.63, 3.8) is 0 Å². The molecule has 0 saturated carbocycles. The molecule has 7 heteroatoms. The Bertz CT molecular complexity index is 543. The third-order valence-corrected chi connectivity index (χ3v) is 2.71. The molecule has 0 aliphatic heterocycles. The maximum absolute atomic E-state index is 6.04. The van der Waals surface area contributed by atoms with Crippen molar-refractivity contribution in [2.24, 2.45) is 0 Å². The van der Waals surface area contributed by atoms with Gasteiger partial charge in [0, 0.05) is 6.07 Å². The molecule has 0 saturated heterocycles. The minimum Gasteiger partial charge on any atom is -0.497 e. The number of anilines is 2. The Morgan fingerprint density at radius 1 is 1.39 bits per heavy atom. The van der Waals surface area contributed by atoms with E-state index in [1.54, 1.807) is 32.2 Å². The van der Waals surface area contributed by atoms with Crippen LogP contribution in [-0.4, -0.2) is 17.3 Å². The second kappa shape index (κ2) is 5.46. The first kappa shape index (κ1) is 13.0. The van der Waals surface area contributed by atoms with Gasteiger partial charge in [-0.15, -0.1) is 16.7 Å². The lowest BCUT2D eigenvalue weighted by molar-refractivity contribution is 0.415. The van der Waals surface area contributed by atoms with Crippen LogP contribution in [0, 0.1) is 0 Å². The molecular weight excluding hydrogens is 277 g/mol. The number of hydrogen-bond donors (Lipinski definition) is 1. The Labute approximate surface area is 114 Å². The lowest BCUT2D eigenvalue weighted by Crippen LogP contribution is -1.92. The lowest BCUT2D eigenvalue weighted by atomic mass is 10.3. The van der Waals surface area contributed by atoms with Crippen molar-refractivity contribution in [1.29, 1.82) is 0 Å². The van der Waals surface area contributed by atoms with Crippen molar-refractivity contribution < 1.29 is 9.15 Å². The molecule has 1 aromatic heterocycles. The number of rotatable bonds is 4. The third kappa shape index (κ3) is 2.86. The normalized spacial score (nSPS) is 12.2. The first-order valence-corrected chi connectivity index (χ1v) is 5.99. The van der Waals surface area contributed by atoms with Gasteiger partial charge in [-0.05, 0) is 19.1 Å². The number of benzene rings is 1. The van der Waals surface area contributed by atoms with E-state index in [-0.39, 0.29) is 11.4 Å². The zero-order valence-corrected chi connectivity index (χ0v) is 11.3. The molecule has 1 aromatic carbocycles. The summed E-state index contributed by atoms with van der Waals surface area (Å²) in [6.07, 6.45) is 0. The van der Waals surface area contributed by atoms with Gasteiger partial charge in [-0.2, -0.15) is 0 Å². The van der Waals surface area contributed by atoms with E-state index in [1.807, 2.05) is 0 Å². The fourth-order valence-electron chi connectivity index (χ4n) is 1.29. The zero-order chi connectivity index (χ0) is 13.1. The van der Waals surface area contributed by atoms with E-state index in [9.17, 15) is 0 Å². The van der Waals surface area contributed by atoms with Gasteiger partial charge in [-0.25, -0.2) is 0 Å². The van der Waals surface area contributed by atoms with Gasteiger partial charge in [0.25, 0.3) is 0 Å². The third-order valence-electron chi connectivity index (χ3n) is 2.20. The van der Waals surface area contributed by atoms with Crippen LogP contribution in [0.15, 0.2) is 22.6 Å². The molecular formula is C11H11Cl2N3O2. The molecule has 0 radical (unpaired) electrons. The Kier molecular flexibility index (Phi) is 3.93. The molecule has 0 aliphatic rings. The van der Waals surface area contributed by atoms with Gasteiger partial charge in [0.1, 0.15) is 11.1 Å². The van der Waals surface area contributed by atoms with Crippen LogP contribution >= 0.6 is 23.2 Å². The van der Waals surface area contributed by atoms with Gasteiger partial charge < -0.3 is 14.5 Å². The summed E-state index contributed by atoms with van der Waals surface area (Å²) in [5.74, 6) is 1.02. The summed E-state index contributed by atoms with van der Waals surface area (Å²) < 4.78 is 10.4. The van der Waals surface area contributed by atoms with Crippen LogP contribution in [0.1, 0.15) is 18.2 Å². The predicted molar refractivity (Wildman–Crippen MR) is 69.9 cm³/mol. The topological polar surface area (TPSA) is 60.2 Å². The summed E-state index contributed by atoms with van der Waals surface area (Å²) in [6, 6.07) is 5.43. The Morgan fingerprint density at radius 2 is 2.17 bits per heavy atom. The quantitative estimate of drug-likeness (QED) is 0.868. The molecule has 1 atom stereocenters. The van der Waals surface area contributed by atoms with E-state index < -0.39 is 0 Å². The van der Waals surface area contributed by atoms with Gasteiger partial charge in [0.2, 0.25) is 5.89 Å². The van der Waals surface area contributed by atoms with Crippen molar-refractivity contribution in [3.8, 4) is 5.75 Å². The Balaban J connectivity index is 2.22. The number of hydrogen-bond acceptors (Lipinski definition) is 5. The summed E-state index contributed by atoms with van der Waals surface area (Å²) in [4.78, 5) is 0. The van der Waals surface area contributed by atoms with Gasteiger partial charge in [-0.3, -0.25) is 0 Å². The first-order chi connectivity index (χ1) is 8.60. The average molecular weight is 288 g/mol. The summed E-state index contributed by atoms with van der Waals surface area (Å²) >= 11 is 11.9. The van der Waals surface area contributed by atoms with E-state index in [2.05, 4.69) is 15.5 Å². The number of nitrogens with zero attached hydrogens (tertiary/aromatic N) is 2. The minimum absolute atomic E-state index is 0.229. The highest BCUT2D eigenvalue weighted by Crippen LogP contribution is 2.29. The summed E-state index contributed by atoms with van der Waals surface area (Å²) in [5.41, 5.74) is 0.619. The fraction of sp³-hybridized carbons (Fsp3) is 0.273. The highest BCUT2D eigenvalue weighted by Gasteiger charge is 2.12. The standard InChI is InChI=1S/C11H11Cl2N3O2/c1-6(12)10-15-16-11(18-10)14-9-5-7(17-2)3-4-8(9)13/h3-6H,1-2H3,(H,14,16). The molecule has 18 heavy (non-hydrogen) atoms. The molecule has 2 aromatic rings. The molecule has 2 rings (SSSR count). The van der Waals surface area contributed by atoms with Crippen molar-refractivity contribution in [2.45, 2.75) is 12.3 Å². The predicted octanol–water partition coefficient (Wildman–Crippen LogP) is 3.78. The van der Waals surface area contributed by atoms with Gasteiger partial charge in [0.05, 0.1) is 17.8 Å². The second-order valence-electron chi connectivity index (χ2n) is 3.53. The molecule has 1 heterocycles. The van der Waals surface area contributed by atoms with Crippen LogP contribution in [-0.2, 0) is 0 Å². The van der Waals surface area contributed by atoms with Crippen molar-refractivity contribution in [3.05, 3.63) is 29.1 Å². The number of alkyl halides is 1. The first-order valence-electron chi connectivity index (χ1n) is 5.18. The van der Waals surface area contributed by atoms with E-state index in [0.717, 1.165) is 0 Å². The number of halogens is 2. The van der Waals surface area contributed by atoms with Gasteiger partial charge in [0.15, 0.2) is 0 Å². The van der Waals surface area contributed by atoms with Crippen LogP contribution in [0.4, 0.5) is 11.7 Å². The number of ether oxygens (including phenoxy) is 1. The number of aromatic nitrogens is 2. The Morgan fingerprint density at radius 3 is 2.78 bits per heavy atom. The average Bonchev–Trinajstić information content (AvgIpc) is 2.81. The molecule has 0 bridgehead atoms. The Hall–Kier alpha value is -1.46. The largest absolute Gasteiger partial charge is 0.497 e. The second-order valence-corrected chi connectivity index (χ2v) is 4.59. The van der Waals surface area contributed by atoms with Crippen LogP contribution in [0.5, 0.6) is 5.75 Å². The molecule has 0 amide bonds. The summed E-state index contributed by atoms with van der Waals surface area (Å²) in [5, 5.41) is 10.7. The lowest BCUT2D eigenvalue weighted by Gasteiger charge is -2.06. The molecule has 0 spiro atoms. The van der Waals surface area contributed by atoms with Crippen molar-refractivity contribution in [1.82, 2.24) is 10.2 Å². The van der Waals surface area contributed by atoms with Crippen LogP contribution in [0.3, 0.4) is 0 Å². The molecule has 5 nitrogen and oxygen atoms in total. The molecule has 96 valence electrons. The molecule has 0 aliphatic carbocycles. The zero-order valence-electron chi connectivity index (χ0n) is 9.78. The summed E-state index contributed by atoms with van der Waals surface area (Å²) in [7, 11) is 1.58. The number of nitrogens with one attached hydrogen (secondary N) is 1. The fourth-order valence-corrected chi connectivity index (χ4v) is 1.54. The smallest absolute Gasteiger partial charge is 0.320 e. The van der Waals surface area contributed by atoms with Crippen molar-refractivity contribution >= 4 is 34.9 Å². The minimum atomic E-state index is -0.339.